The topological polar surface area (TPSA) is 51.8 Å². The zero-order chi connectivity index (χ0) is 42.0. The molecule has 0 aliphatic carbocycles. The van der Waals surface area contributed by atoms with Crippen LogP contribution in [0.1, 0.15) is 8.22 Å². The van der Waals surface area contributed by atoms with Gasteiger partial charge in [-0.1, -0.05) is 133 Å². The molecule has 0 spiro atoms. The fourth-order valence-electron chi connectivity index (χ4n) is 8.00. The van der Waals surface area contributed by atoms with Crippen molar-refractivity contribution in [2.45, 2.75) is 0 Å². The van der Waals surface area contributed by atoms with Crippen LogP contribution in [0, 0.1) is 0 Å². The van der Waals surface area contributed by atoms with Gasteiger partial charge in [-0.3, -0.25) is 0 Å². The molecule has 0 saturated carbocycles. The predicted octanol–water partition coefficient (Wildman–Crippen LogP) is 14.3. The third-order valence-electron chi connectivity index (χ3n) is 10.6. The Morgan fingerprint density at radius 2 is 1.02 bits per heavy atom. The summed E-state index contributed by atoms with van der Waals surface area (Å²) in [5.74, 6) is 0.699. The molecule has 0 fully saturated rings. The fourth-order valence-corrected chi connectivity index (χ4v) is 9.13. The van der Waals surface area contributed by atoms with E-state index in [4.69, 9.17) is 19.4 Å². The molecule has 5 heteroatoms. The molecule has 0 unspecified atom stereocenters. The molecule has 4 nitrogen and oxygen atoms in total. The Labute approximate surface area is 333 Å². The average molecular weight is 738 g/mol. The number of hydrogen-bond acceptors (Lipinski definition) is 5. The van der Waals surface area contributed by atoms with Crippen LogP contribution in [0.4, 0.5) is 0 Å². The van der Waals surface area contributed by atoms with Crippen molar-refractivity contribution in [3.05, 3.63) is 176 Å². The zero-order valence-electron chi connectivity index (χ0n) is 35.4. The zero-order valence-corrected chi connectivity index (χ0v) is 30.3. The molecular formula is C51H29N3OS. The maximum Gasteiger partial charge on any atom is 0.164 e. The normalized spacial score (nSPS) is 13.4. The quantitative estimate of drug-likeness (QED) is 0.169. The molecule has 3 heterocycles. The molecule has 0 radical (unpaired) electrons. The van der Waals surface area contributed by atoms with Crippen molar-refractivity contribution in [1.29, 1.82) is 0 Å². The van der Waals surface area contributed by atoms with E-state index in [0.717, 1.165) is 58.1 Å². The Morgan fingerprint density at radius 3 is 1.80 bits per heavy atom. The number of nitrogens with zero attached hydrogens (tertiary/aromatic N) is 3. The van der Waals surface area contributed by atoms with Gasteiger partial charge in [0.2, 0.25) is 0 Å². The summed E-state index contributed by atoms with van der Waals surface area (Å²) in [7, 11) is 0. The first-order chi connectivity index (χ1) is 30.3. The highest BCUT2D eigenvalue weighted by molar-refractivity contribution is 7.25. The van der Waals surface area contributed by atoms with E-state index in [2.05, 4.69) is 42.5 Å². The van der Waals surface area contributed by atoms with Crippen molar-refractivity contribution in [3.63, 3.8) is 0 Å². The summed E-state index contributed by atoms with van der Waals surface area (Å²) in [4.78, 5) is 14.7. The van der Waals surface area contributed by atoms with Gasteiger partial charge in [0.15, 0.2) is 17.5 Å². The lowest BCUT2D eigenvalue weighted by molar-refractivity contribution is 0.669. The van der Waals surface area contributed by atoms with Gasteiger partial charge in [0.25, 0.3) is 0 Å². The lowest BCUT2D eigenvalue weighted by Crippen LogP contribution is -2.00. The Balaban J connectivity index is 1.10. The highest BCUT2D eigenvalue weighted by atomic mass is 32.1. The molecule has 12 rings (SSSR count). The summed E-state index contributed by atoms with van der Waals surface area (Å²) in [6.07, 6.45) is 0. The van der Waals surface area contributed by atoms with Crippen LogP contribution in [0.3, 0.4) is 0 Å². The van der Waals surface area contributed by atoms with Gasteiger partial charge >= 0.3 is 0 Å². The molecule has 9 aromatic carbocycles. The average Bonchev–Trinajstić information content (AvgIpc) is 3.91. The van der Waals surface area contributed by atoms with Crippen LogP contribution in [0.25, 0.3) is 120 Å². The molecule has 0 saturated heterocycles. The van der Waals surface area contributed by atoms with Gasteiger partial charge in [0, 0.05) is 47.6 Å². The number of fused-ring (bicyclic) bond motifs is 12. The minimum Gasteiger partial charge on any atom is -0.456 e. The second-order valence-electron chi connectivity index (χ2n) is 13.8. The first kappa shape index (κ1) is 25.7. The molecule has 0 bridgehead atoms. The fraction of sp³-hybridized carbons (Fsp3) is 0. The Bertz CT molecular complexity index is 3870. The molecule has 0 aliphatic heterocycles. The second-order valence-corrected chi connectivity index (χ2v) is 14.9. The summed E-state index contributed by atoms with van der Waals surface area (Å²) in [6, 6.07) is 44.3. The largest absolute Gasteiger partial charge is 0.456 e. The number of benzene rings is 9. The van der Waals surface area contributed by atoms with Gasteiger partial charge in [-0.15, -0.1) is 11.3 Å². The highest BCUT2D eigenvalue weighted by Crippen LogP contribution is 2.41. The van der Waals surface area contributed by atoms with Crippen LogP contribution in [-0.2, 0) is 0 Å². The standard InChI is InChI=1S/C51H29N3OS/c1-2-11-30(12-3-1)49-52-50(54-51(53-49)41-18-10-20-47-48(41)40-17-8-9-19-46(40)56-47)33-22-25-39-43-28-32(23-26-44(43)55-45(39)29-33)31-21-24-38-36-15-5-4-13-34(36)35-14-6-7-16-37(35)42(38)27-31/h1-29H/i22D,23D,25D,26D,28D,29D. The van der Waals surface area contributed by atoms with Crippen LogP contribution in [0.15, 0.2) is 180 Å². The van der Waals surface area contributed by atoms with Crippen molar-refractivity contribution in [2.24, 2.45) is 0 Å². The number of hydrogen-bond donors (Lipinski definition) is 0. The van der Waals surface area contributed by atoms with E-state index in [-0.39, 0.29) is 75.1 Å². The molecule has 0 atom stereocenters. The Hall–Kier alpha value is -7.21. The molecular weight excluding hydrogens is 703 g/mol. The van der Waals surface area contributed by atoms with Gasteiger partial charge in [0.05, 0.1) is 8.22 Å². The molecule has 0 amide bonds. The van der Waals surface area contributed by atoms with Crippen molar-refractivity contribution in [3.8, 4) is 45.3 Å². The molecule has 0 N–H and O–H groups in total. The molecule has 56 heavy (non-hydrogen) atoms. The van der Waals surface area contributed by atoms with E-state index in [1.807, 2.05) is 97.1 Å². The van der Waals surface area contributed by atoms with E-state index in [1.165, 1.54) is 0 Å². The predicted molar refractivity (Wildman–Crippen MR) is 234 cm³/mol. The third-order valence-corrected chi connectivity index (χ3v) is 11.7. The molecule has 12 aromatic rings. The van der Waals surface area contributed by atoms with E-state index in [9.17, 15) is 8.22 Å². The van der Waals surface area contributed by atoms with Gasteiger partial charge in [-0.05, 0) is 85.8 Å². The summed E-state index contributed by atoms with van der Waals surface area (Å²) in [5.41, 5.74) is 2.03. The SMILES string of the molecule is [2H]c1c(-c2ccc3c4ccccc4c4ccccc4c3c2)c([2H])c2c(oc3c([2H])c(-c4nc(-c5ccccc5)nc(-c5cccc6sc7ccccc7c56)n4)c([2H])c([2H])c32)c1[2H]. The summed E-state index contributed by atoms with van der Waals surface area (Å²) < 4.78 is 65.0. The van der Waals surface area contributed by atoms with Crippen molar-refractivity contribution < 1.29 is 12.6 Å². The molecule has 0 aliphatic rings. The maximum atomic E-state index is 9.63. The number of thiophene rings is 1. The number of aromatic nitrogens is 3. The minimum absolute atomic E-state index is 0.0197. The monoisotopic (exact) mass is 737 g/mol. The second kappa shape index (κ2) is 12.2. The van der Waals surface area contributed by atoms with E-state index >= 15 is 0 Å². The Morgan fingerprint density at radius 1 is 0.393 bits per heavy atom. The summed E-state index contributed by atoms with van der Waals surface area (Å²) in [6.45, 7) is 0. The molecule has 260 valence electrons. The minimum atomic E-state index is -0.327. The van der Waals surface area contributed by atoms with Gasteiger partial charge in [-0.25, -0.2) is 15.0 Å². The summed E-state index contributed by atoms with van der Waals surface area (Å²) in [5, 5.41) is 8.50. The first-order valence-electron chi connectivity index (χ1n) is 21.3. The van der Waals surface area contributed by atoms with Crippen molar-refractivity contribution in [2.75, 3.05) is 0 Å². The van der Waals surface area contributed by atoms with Crippen molar-refractivity contribution >= 4 is 85.8 Å². The van der Waals surface area contributed by atoms with Crippen molar-refractivity contribution in [1.82, 2.24) is 15.0 Å². The lowest BCUT2D eigenvalue weighted by atomic mass is 9.92. The number of furan rings is 1. The van der Waals surface area contributed by atoms with Crippen LogP contribution >= 0.6 is 11.3 Å². The maximum absolute atomic E-state index is 9.63. The Kier molecular flexibility index (Phi) is 5.59. The van der Waals surface area contributed by atoms with Crippen LogP contribution < -0.4 is 0 Å². The van der Waals surface area contributed by atoms with Gasteiger partial charge < -0.3 is 4.42 Å². The van der Waals surface area contributed by atoms with E-state index in [1.54, 1.807) is 11.3 Å². The lowest BCUT2D eigenvalue weighted by Gasteiger charge is -2.12. The molecule has 3 aromatic heterocycles. The van der Waals surface area contributed by atoms with E-state index in [0.29, 0.717) is 22.8 Å². The highest BCUT2D eigenvalue weighted by Gasteiger charge is 2.18. The van der Waals surface area contributed by atoms with Crippen LogP contribution in [-0.4, -0.2) is 15.0 Å². The van der Waals surface area contributed by atoms with E-state index < -0.39 is 0 Å². The van der Waals surface area contributed by atoms with Gasteiger partial charge in [0.1, 0.15) is 11.2 Å². The third kappa shape index (κ3) is 4.81. The first-order valence-corrected chi connectivity index (χ1v) is 19.1. The van der Waals surface area contributed by atoms with Crippen LogP contribution in [0.2, 0.25) is 0 Å². The van der Waals surface area contributed by atoms with Crippen LogP contribution in [0.5, 0.6) is 0 Å². The van der Waals surface area contributed by atoms with Gasteiger partial charge in [-0.2, -0.15) is 0 Å². The number of rotatable bonds is 4. The smallest absolute Gasteiger partial charge is 0.164 e. The summed E-state index contributed by atoms with van der Waals surface area (Å²) >= 11 is 1.67.